The van der Waals surface area contributed by atoms with Crippen molar-refractivity contribution in [3.05, 3.63) is 47.5 Å². The Balaban J connectivity index is 2.55. The molecule has 0 saturated heterocycles. The molecule has 0 aliphatic rings. The molecule has 7 heteroatoms. The van der Waals surface area contributed by atoms with E-state index in [4.69, 9.17) is 5.11 Å². The minimum Gasteiger partial charge on any atom is -0.478 e. The summed E-state index contributed by atoms with van der Waals surface area (Å²) in [6, 6.07) is 4.30. The lowest BCUT2D eigenvalue weighted by atomic mass is 10.1. The summed E-state index contributed by atoms with van der Waals surface area (Å²) in [7, 11) is 0. The number of benzene rings is 1. The first-order valence-corrected chi connectivity index (χ1v) is 5.14. The Bertz CT molecular complexity index is 492. The van der Waals surface area contributed by atoms with Crippen LogP contribution in [0.15, 0.2) is 36.4 Å². The third kappa shape index (κ3) is 5.24. The molecule has 0 spiro atoms. The number of nitrogens with one attached hydrogen (secondary N) is 1. The molecule has 102 valence electrons. The second-order valence-corrected chi connectivity index (χ2v) is 3.58. The average Bonchev–Trinajstić information content (AvgIpc) is 2.33. The van der Waals surface area contributed by atoms with Gasteiger partial charge in [0, 0.05) is 18.7 Å². The van der Waals surface area contributed by atoms with Crippen LogP contribution in [0.3, 0.4) is 0 Å². The van der Waals surface area contributed by atoms with E-state index in [9.17, 15) is 22.8 Å². The first-order valence-electron chi connectivity index (χ1n) is 5.14. The van der Waals surface area contributed by atoms with Gasteiger partial charge in [-0.25, -0.2) is 4.79 Å². The molecular weight excluding hydrogens is 263 g/mol. The highest BCUT2D eigenvalue weighted by Gasteiger charge is 2.29. The first kappa shape index (κ1) is 14.7. The largest absolute Gasteiger partial charge is 0.478 e. The van der Waals surface area contributed by atoms with Gasteiger partial charge in [0.25, 0.3) is 0 Å². The molecule has 0 aliphatic carbocycles. The molecule has 0 bridgehead atoms. The van der Waals surface area contributed by atoms with Crippen molar-refractivity contribution >= 4 is 11.9 Å². The number of rotatable bonds is 4. The zero-order valence-corrected chi connectivity index (χ0v) is 9.57. The number of hydrogen-bond acceptors (Lipinski definition) is 2. The number of hydrogen-bond donors (Lipinski definition) is 2. The van der Waals surface area contributed by atoms with Gasteiger partial charge in [-0.2, -0.15) is 13.2 Å². The predicted molar refractivity (Wildman–Crippen MR) is 60.1 cm³/mol. The molecule has 0 radical (unpaired) electrons. The van der Waals surface area contributed by atoms with Crippen molar-refractivity contribution in [1.82, 2.24) is 5.32 Å². The second-order valence-electron chi connectivity index (χ2n) is 3.58. The number of carboxylic acid groups (broad SMARTS) is 1. The molecule has 0 aliphatic heterocycles. The van der Waals surface area contributed by atoms with Crippen molar-refractivity contribution in [2.75, 3.05) is 0 Å². The van der Waals surface area contributed by atoms with Crippen molar-refractivity contribution < 1.29 is 27.9 Å². The molecule has 0 aromatic heterocycles. The van der Waals surface area contributed by atoms with Gasteiger partial charge < -0.3 is 10.4 Å². The van der Waals surface area contributed by atoms with E-state index in [-0.39, 0.29) is 6.54 Å². The fraction of sp³-hybridized carbons (Fsp3) is 0.167. The lowest BCUT2D eigenvalue weighted by molar-refractivity contribution is -0.137. The van der Waals surface area contributed by atoms with E-state index >= 15 is 0 Å². The van der Waals surface area contributed by atoms with Crippen molar-refractivity contribution in [2.24, 2.45) is 0 Å². The molecule has 0 heterocycles. The van der Waals surface area contributed by atoms with Gasteiger partial charge in [0.15, 0.2) is 0 Å². The van der Waals surface area contributed by atoms with Crippen LogP contribution in [0.4, 0.5) is 13.2 Å². The van der Waals surface area contributed by atoms with E-state index in [2.05, 4.69) is 5.32 Å². The first-order chi connectivity index (χ1) is 8.79. The summed E-state index contributed by atoms with van der Waals surface area (Å²) in [6.45, 7) is 0.0148. The molecule has 1 aromatic rings. The number of carbonyl (C=O) groups is 2. The summed E-state index contributed by atoms with van der Waals surface area (Å²) in [5.74, 6) is -1.90. The molecule has 4 nitrogen and oxygen atoms in total. The Kier molecular flexibility index (Phi) is 4.68. The summed E-state index contributed by atoms with van der Waals surface area (Å²) in [4.78, 5) is 21.2. The highest BCUT2D eigenvalue weighted by atomic mass is 19.4. The number of carbonyl (C=O) groups excluding carboxylic acids is 1. The normalized spacial score (nSPS) is 11.5. The average molecular weight is 273 g/mol. The highest BCUT2D eigenvalue weighted by Crippen LogP contribution is 2.28. The predicted octanol–water partition coefficient (Wildman–Crippen LogP) is 1.96. The Morgan fingerprint density at radius 1 is 1.16 bits per heavy atom. The third-order valence-electron chi connectivity index (χ3n) is 2.13. The fourth-order valence-electron chi connectivity index (χ4n) is 1.21. The molecule has 1 rings (SSSR count). The van der Waals surface area contributed by atoms with Gasteiger partial charge in [0.1, 0.15) is 0 Å². The summed E-state index contributed by atoms with van der Waals surface area (Å²) in [5, 5.41) is 10.6. The van der Waals surface area contributed by atoms with Crippen LogP contribution in [0.2, 0.25) is 0 Å². The Labute approximate surface area is 106 Å². The zero-order valence-electron chi connectivity index (χ0n) is 9.57. The van der Waals surface area contributed by atoms with E-state index in [0.29, 0.717) is 11.6 Å². The number of alkyl halides is 3. The summed E-state index contributed by atoms with van der Waals surface area (Å²) >= 11 is 0. The van der Waals surface area contributed by atoms with Crippen LogP contribution in [0.25, 0.3) is 0 Å². The van der Waals surface area contributed by atoms with E-state index < -0.39 is 23.6 Å². The van der Waals surface area contributed by atoms with Gasteiger partial charge in [-0.15, -0.1) is 0 Å². The van der Waals surface area contributed by atoms with Crippen molar-refractivity contribution in [2.45, 2.75) is 12.7 Å². The lowest BCUT2D eigenvalue weighted by Gasteiger charge is -2.07. The van der Waals surface area contributed by atoms with Crippen LogP contribution in [0.5, 0.6) is 0 Å². The summed E-state index contributed by atoms with van der Waals surface area (Å²) < 4.78 is 36.8. The number of amides is 1. The third-order valence-corrected chi connectivity index (χ3v) is 2.13. The van der Waals surface area contributed by atoms with E-state index in [1.807, 2.05) is 0 Å². The van der Waals surface area contributed by atoms with Gasteiger partial charge >= 0.3 is 12.1 Å². The topological polar surface area (TPSA) is 66.4 Å². The number of halogens is 3. The smallest absolute Gasteiger partial charge is 0.416 e. The maximum absolute atomic E-state index is 12.3. The van der Waals surface area contributed by atoms with Crippen LogP contribution >= 0.6 is 0 Å². The molecule has 0 saturated carbocycles. The highest BCUT2D eigenvalue weighted by molar-refractivity contribution is 5.93. The van der Waals surface area contributed by atoms with Crippen LogP contribution in [0, 0.1) is 0 Å². The quantitative estimate of drug-likeness (QED) is 0.824. The number of carboxylic acids is 1. The Hall–Kier alpha value is -2.31. The Morgan fingerprint density at radius 3 is 2.21 bits per heavy atom. The minimum atomic E-state index is -4.40. The standard InChI is InChI=1S/C12H10F3NO3/c13-12(14,15)9-3-1-8(2-4-9)7-16-10(17)5-6-11(18)19/h1-6H,7H2,(H,16,17)(H,18,19)/b6-5+. The Morgan fingerprint density at radius 2 is 1.74 bits per heavy atom. The van der Waals surface area contributed by atoms with Gasteiger partial charge in [0.05, 0.1) is 5.56 Å². The zero-order chi connectivity index (χ0) is 14.5. The molecule has 0 unspecified atom stereocenters. The molecule has 1 amide bonds. The van der Waals surface area contributed by atoms with Crippen molar-refractivity contribution in [1.29, 1.82) is 0 Å². The van der Waals surface area contributed by atoms with Crippen LogP contribution in [-0.2, 0) is 22.3 Å². The monoisotopic (exact) mass is 273 g/mol. The van der Waals surface area contributed by atoms with Gasteiger partial charge in [0.2, 0.25) is 5.91 Å². The lowest BCUT2D eigenvalue weighted by Crippen LogP contribution is -2.20. The molecular formula is C12H10F3NO3. The summed E-state index contributed by atoms with van der Waals surface area (Å²) in [5.41, 5.74) is -0.293. The van der Waals surface area contributed by atoms with Crippen LogP contribution < -0.4 is 5.32 Å². The molecule has 1 aromatic carbocycles. The van der Waals surface area contributed by atoms with Crippen LogP contribution in [0.1, 0.15) is 11.1 Å². The van der Waals surface area contributed by atoms with Gasteiger partial charge in [-0.05, 0) is 17.7 Å². The fourth-order valence-corrected chi connectivity index (χ4v) is 1.21. The molecule has 0 atom stereocenters. The molecule has 2 N–H and O–H groups in total. The maximum atomic E-state index is 12.3. The van der Waals surface area contributed by atoms with E-state index in [1.54, 1.807) is 0 Å². The second kappa shape index (κ2) is 6.03. The molecule has 0 fully saturated rings. The van der Waals surface area contributed by atoms with Crippen LogP contribution in [-0.4, -0.2) is 17.0 Å². The minimum absolute atomic E-state index is 0.0148. The maximum Gasteiger partial charge on any atom is 0.416 e. The number of aliphatic carboxylic acids is 1. The molecule has 19 heavy (non-hydrogen) atoms. The van der Waals surface area contributed by atoms with E-state index in [0.717, 1.165) is 18.2 Å². The summed E-state index contributed by atoms with van der Waals surface area (Å²) in [6.07, 6.45) is -2.90. The SMILES string of the molecule is O=C(O)/C=C/C(=O)NCc1ccc(C(F)(F)F)cc1. The van der Waals surface area contributed by atoms with E-state index in [1.165, 1.54) is 12.1 Å². The van der Waals surface area contributed by atoms with Crippen molar-refractivity contribution in [3.8, 4) is 0 Å². The van der Waals surface area contributed by atoms with Gasteiger partial charge in [-0.3, -0.25) is 4.79 Å². The van der Waals surface area contributed by atoms with Crippen molar-refractivity contribution in [3.63, 3.8) is 0 Å². The van der Waals surface area contributed by atoms with Gasteiger partial charge in [-0.1, -0.05) is 12.1 Å².